The number of rotatable bonds is 6. The van der Waals surface area contributed by atoms with Crippen molar-refractivity contribution < 1.29 is 14.3 Å². The van der Waals surface area contributed by atoms with Crippen molar-refractivity contribution in [2.75, 3.05) is 0 Å². The van der Waals surface area contributed by atoms with Gasteiger partial charge in [0, 0.05) is 19.1 Å². The van der Waals surface area contributed by atoms with Crippen molar-refractivity contribution in [3.63, 3.8) is 0 Å². The topological polar surface area (TPSA) is 122 Å². The molecule has 2 fully saturated rings. The molecule has 1 saturated carbocycles. The maximum Gasteiger partial charge on any atom is 0.407 e. The summed E-state index contributed by atoms with van der Waals surface area (Å²) in [7, 11) is 1.68. The zero-order valence-corrected chi connectivity index (χ0v) is 16.1. The van der Waals surface area contributed by atoms with Crippen LogP contribution in [0.15, 0.2) is 6.20 Å². The third-order valence-electron chi connectivity index (χ3n) is 5.43. The number of hydrazine groups is 1. The van der Waals surface area contributed by atoms with Gasteiger partial charge in [0.2, 0.25) is 0 Å². The SMILES string of the molecule is CC[C@H](C)NC(=O)O[C@@H]1CC[C@H](C2CC(NC(=O)c3cnnn3C)NN2)C1. The first-order valence-corrected chi connectivity index (χ1v) is 9.60. The Morgan fingerprint density at radius 2 is 2.19 bits per heavy atom. The second kappa shape index (κ2) is 8.66. The van der Waals surface area contributed by atoms with E-state index in [1.165, 1.54) is 10.9 Å². The van der Waals surface area contributed by atoms with E-state index in [0.717, 1.165) is 32.1 Å². The lowest BCUT2D eigenvalue weighted by atomic mass is 9.96. The molecule has 1 aromatic rings. The Kier molecular flexibility index (Phi) is 6.27. The molecule has 0 aromatic carbocycles. The second-order valence-electron chi connectivity index (χ2n) is 7.45. The predicted molar refractivity (Wildman–Crippen MR) is 97.4 cm³/mol. The van der Waals surface area contributed by atoms with Crippen LogP contribution in [0.3, 0.4) is 0 Å². The summed E-state index contributed by atoms with van der Waals surface area (Å²) in [6.07, 6.45) is 5.25. The molecule has 2 unspecified atom stereocenters. The van der Waals surface area contributed by atoms with Crippen LogP contribution in [0.2, 0.25) is 0 Å². The van der Waals surface area contributed by atoms with E-state index >= 15 is 0 Å². The highest BCUT2D eigenvalue weighted by atomic mass is 16.6. The summed E-state index contributed by atoms with van der Waals surface area (Å²) < 4.78 is 6.99. The van der Waals surface area contributed by atoms with Crippen LogP contribution in [-0.4, -0.2) is 51.3 Å². The molecule has 0 bridgehead atoms. The fourth-order valence-electron chi connectivity index (χ4n) is 3.65. The van der Waals surface area contributed by atoms with E-state index in [2.05, 4.69) is 31.8 Å². The maximum absolute atomic E-state index is 12.3. The lowest BCUT2D eigenvalue weighted by Gasteiger charge is -2.19. The van der Waals surface area contributed by atoms with Gasteiger partial charge in [0.15, 0.2) is 0 Å². The van der Waals surface area contributed by atoms with E-state index in [1.807, 2.05) is 13.8 Å². The third kappa shape index (κ3) is 4.95. The van der Waals surface area contributed by atoms with Gasteiger partial charge in [-0.1, -0.05) is 12.1 Å². The molecule has 1 saturated heterocycles. The molecule has 5 atom stereocenters. The number of hydrogen-bond acceptors (Lipinski definition) is 7. The van der Waals surface area contributed by atoms with Crippen LogP contribution in [0.25, 0.3) is 0 Å². The summed E-state index contributed by atoms with van der Waals surface area (Å²) in [5, 5.41) is 13.3. The lowest BCUT2D eigenvalue weighted by molar-refractivity contribution is 0.0916. The van der Waals surface area contributed by atoms with Gasteiger partial charge in [-0.25, -0.2) is 14.9 Å². The molecular weight excluding hydrogens is 350 g/mol. The molecule has 0 radical (unpaired) electrons. The number of amides is 2. The van der Waals surface area contributed by atoms with Crippen LogP contribution >= 0.6 is 0 Å². The van der Waals surface area contributed by atoms with Gasteiger partial charge >= 0.3 is 6.09 Å². The zero-order chi connectivity index (χ0) is 19.4. The van der Waals surface area contributed by atoms with Crippen LogP contribution in [0, 0.1) is 5.92 Å². The average Bonchev–Trinajstić information content (AvgIpc) is 3.35. The van der Waals surface area contributed by atoms with Crippen LogP contribution in [0.1, 0.15) is 56.4 Å². The summed E-state index contributed by atoms with van der Waals surface area (Å²) in [6.45, 7) is 3.98. The first-order valence-electron chi connectivity index (χ1n) is 9.60. The quantitative estimate of drug-likeness (QED) is 0.565. The van der Waals surface area contributed by atoms with Gasteiger partial charge in [0.1, 0.15) is 11.8 Å². The molecule has 10 heteroatoms. The molecule has 2 heterocycles. The molecule has 0 spiro atoms. The second-order valence-corrected chi connectivity index (χ2v) is 7.45. The molecular formula is C17H29N7O3. The molecule has 27 heavy (non-hydrogen) atoms. The molecule has 1 aliphatic heterocycles. The Morgan fingerprint density at radius 3 is 2.89 bits per heavy atom. The Morgan fingerprint density at radius 1 is 1.37 bits per heavy atom. The van der Waals surface area contributed by atoms with E-state index in [1.54, 1.807) is 7.05 Å². The average molecular weight is 379 g/mol. The summed E-state index contributed by atoms with van der Waals surface area (Å²) >= 11 is 0. The van der Waals surface area contributed by atoms with E-state index in [0.29, 0.717) is 11.6 Å². The van der Waals surface area contributed by atoms with Gasteiger partial charge in [-0.15, -0.1) is 5.10 Å². The van der Waals surface area contributed by atoms with Gasteiger partial charge < -0.3 is 15.4 Å². The summed E-state index contributed by atoms with van der Waals surface area (Å²) in [6, 6.07) is 0.348. The Bertz CT molecular complexity index is 665. The first-order chi connectivity index (χ1) is 13.0. The highest BCUT2D eigenvalue weighted by Gasteiger charge is 2.37. The largest absolute Gasteiger partial charge is 0.446 e. The molecule has 3 rings (SSSR count). The number of ether oxygens (including phenoxy) is 1. The molecule has 1 aromatic heterocycles. The number of carbonyl (C=O) groups is 2. The fourth-order valence-corrected chi connectivity index (χ4v) is 3.65. The van der Waals surface area contributed by atoms with Crippen LogP contribution in [0.4, 0.5) is 4.79 Å². The smallest absolute Gasteiger partial charge is 0.407 e. The highest BCUT2D eigenvalue weighted by Crippen LogP contribution is 2.32. The Balaban J connectivity index is 1.42. The number of carbonyl (C=O) groups excluding carboxylic acids is 2. The first kappa shape index (κ1) is 19.6. The van der Waals surface area contributed by atoms with Gasteiger partial charge in [-0.05, 0) is 44.9 Å². The van der Waals surface area contributed by atoms with Crippen molar-refractivity contribution >= 4 is 12.0 Å². The van der Waals surface area contributed by atoms with E-state index in [4.69, 9.17) is 4.74 Å². The van der Waals surface area contributed by atoms with E-state index in [9.17, 15) is 9.59 Å². The van der Waals surface area contributed by atoms with Crippen LogP contribution < -0.4 is 21.5 Å². The Labute approximate surface area is 158 Å². The van der Waals surface area contributed by atoms with Gasteiger partial charge in [0.25, 0.3) is 5.91 Å². The highest BCUT2D eigenvalue weighted by molar-refractivity contribution is 5.92. The zero-order valence-electron chi connectivity index (χ0n) is 16.1. The number of nitrogens with zero attached hydrogens (tertiary/aromatic N) is 3. The summed E-state index contributed by atoms with van der Waals surface area (Å²) in [5.41, 5.74) is 6.82. The molecule has 2 amide bonds. The third-order valence-corrected chi connectivity index (χ3v) is 5.43. The van der Waals surface area contributed by atoms with E-state index < -0.39 is 0 Å². The van der Waals surface area contributed by atoms with Gasteiger partial charge in [-0.2, -0.15) is 0 Å². The van der Waals surface area contributed by atoms with Crippen molar-refractivity contribution in [2.45, 2.75) is 70.3 Å². The van der Waals surface area contributed by atoms with Crippen molar-refractivity contribution in [2.24, 2.45) is 13.0 Å². The van der Waals surface area contributed by atoms with E-state index in [-0.39, 0.29) is 36.4 Å². The molecule has 150 valence electrons. The van der Waals surface area contributed by atoms with Crippen molar-refractivity contribution in [1.29, 1.82) is 0 Å². The van der Waals surface area contributed by atoms with Crippen molar-refractivity contribution in [3.05, 3.63) is 11.9 Å². The van der Waals surface area contributed by atoms with Gasteiger partial charge in [0.05, 0.1) is 12.4 Å². The molecule has 4 N–H and O–H groups in total. The standard InChI is InChI=1S/C17H29N7O3/c1-4-10(2)19-17(26)27-12-6-5-11(7-12)13-8-15(22-21-13)20-16(25)14-9-18-23-24(14)3/h9-13,15,21-22H,4-8H2,1-3H3,(H,19,26)(H,20,25)/t10-,11-,12+,13?,15?/m0/s1. The minimum Gasteiger partial charge on any atom is -0.446 e. The predicted octanol–water partition coefficient (Wildman–Crippen LogP) is 0.431. The molecule has 10 nitrogen and oxygen atoms in total. The summed E-state index contributed by atoms with van der Waals surface area (Å²) in [5.74, 6) is 0.191. The number of nitrogens with one attached hydrogen (secondary N) is 4. The number of aromatic nitrogens is 3. The lowest BCUT2D eigenvalue weighted by Crippen LogP contribution is -2.45. The molecule has 1 aliphatic carbocycles. The Hall–Kier alpha value is -2.20. The summed E-state index contributed by atoms with van der Waals surface area (Å²) in [4.78, 5) is 24.1. The monoisotopic (exact) mass is 379 g/mol. The van der Waals surface area contributed by atoms with Crippen molar-refractivity contribution in [3.8, 4) is 0 Å². The minimum atomic E-state index is -0.331. The normalized spacial score (nSPS) is 28.7. The molecule has 2 aliphatic rings. The van der Waals surface area contributed by atoms with Crippen LogP contribution in [0.5, 0.6) is 0 Å². The number of hydrogen-bond donors (Lipinski definition) is 4. The maximum atomic E-state index is 12.3. The number of alkyl carbamates (subject to hydrolysis) is 1. The minimum absolute atomic E-state index is 0.0463. The van der Waals surface area contributed by atoms with Crippen LogP contribution in [-0.2, 0) is 11.8 Å². The number of aryl methyl sites for hydroxylation is 1. The fraction of sp³-hybridized carbons (Fsp3) is 0.765. The van der Waals surface area contributed by atoms with Crippen molar-refractivity contribution in [1.82, 2.24) is 36.5 Å². The van der Waals surface area contributed by atoms with Gasteiger partial charge in [-0.3, -0.25) is 10.2 Å².